The molecule has 2 saturated heterocycles. The standard InChI is InChI=1S/C19H27N3O2/c1-12-4-3-5-17(13(12)2)24-11-18(23)22-9-8-16-15(10-22)19(21-20-16)14-6-7-14/h3-5,14-16,19-21H,6-11H2,1-2H3. The maximum absolute atomic E-state index is 12.6. The van der Waals surface area contributed by atoms with Gasteiger partial charge in [0.15, 0.2) is 6.61 Å². The number of fused-ring (bicyclic) bond motifs is 1. The summed E-state index contributed by atoms with van der Waals surface area (Å²) in [5, 5.41) is 0. The topological polar surface area (TPSA) is 53.6 Å². The second-order valence-corrected chi connectivity index (χ2v) is 7.54. The van der Waals surface area contributed by atoms with E-state index in [0.29, 0.717) is 18.0 Å². The predicted octanol–water partition coefficient (Wildman–Crippen LogP) is 1.79. The van der Waals surface area contributed by atoms with Crippen molar-refractivity contribution in [2.24, 2.45) is 11.8 Å². The smallest absolute Gasteiger partial charge is 0.260 e. The Hall–Kier alpha value is -1.59. The van der Waals surface area contributed by atoms with Crippen LogP contribution in [0.3, 0.4) is 0 Å². The van der Waals surface area contributed by atoms with Crippen molar-refractivity contribution in [3.8, 4) is 5.75 Å². The molecule has 4 rings (SSSR count). The molecule has 5 heteroatoms. The second kappa shape index (κ2) is 6.37. The van der Waals surface area contributed by atoms with Gasteiger partial charge >= 0.3 is 0 Å². The molecule has 130 valence electrons. The van der Waals surface area contributed by atoms with Crippen LogP contribution >= 0.6 is 0 Å². The number of piperidine rings is 1. The lowest BCUT2D eigenvalue weighted by molar-refractivity contribution is -0.135. The first-order chi connectivity index (χ1) is 11.6. The van der Waals surface area contributed by atoms with Crippen molar-refractivity contribution in [3.05, 3.63) is 29.3 Å². The van der Waals surface area contributed by atoms with Crippen LogP contribution in [-0.4, -0.2) is 42.6 Å². The van der Waals surface area contributed by atoms with Crippen molar-refractivity contribution < 1.29 is 9.53 Å². The number of hydrazine groups is 1. The maximum Gasteiger partial charge on any atom is 0.260 e. The summed E-state index contributed by atoms with van der Waals surface area (Å²) in [6, 6.07) is 7.03. The fraction of sp³-hybridized carbons (Fsp3) is 0.632. The van der Waals surface area contributed by atoms with Crippen molar-refractivity contribution in [1.82, 2.24) is 15.8 Å². The van der Waals surface area contributed by atoms with Crippen LogP contribution in [0.15, 0.2) is 18.2 Å². The van der Waals surface area contributed by atoms with Gasteiger partial charge in [0, 0.05) is 31.1 Å². The summed E-state index contributed by atoms with van der Waals surface area (Å²) in [6.45, 7) is 5.91. The zero-order valence-corrected chi connectivity index (χ0v) is 14.5. The van der Waals surface area contributed by atoms with Crippen LogP contribution < -0.4 is 15.6 Å². The molecule has 0 spiro atoms. The van der Waals surface area contributed by atoms with Gasteiger partial charge in [0.25, 0.3) is 5.91 Å². The average molecular weight is 329 g/mol. The lowest BCUT2D eigenvalue weighted by atomic mass is 9.86. The number of aryl methyl sites for hydroxylation is 1. The van der Waals surface area contributed by atoms with E-state index in [9.17, 15) is 4.79 Å². The molecule has 0 radical (unpaired) electrons. The molecular formula is C19H27N3O2. The summed E-state index contributed by atoms with van der Waals surface area (Å²) in [6.07, 6.45) is 3.68. The van der Waals surface area contributed by atoms with Gasteiger partial charge in [-0.1, -0.05) is 12.1 Å². The van der Waals surface area contributed by atoms with Crippen LogP contribution in [0.4, 0.5) is 0 Å². The second-order valence-electron chi connectivity index (χ2n) is 7.54. The number of hydrogen-bond donors (Lipinski definition) is 2. The van der Waals surface area contributed by atoms with Crippen LogP contribution in [-0.2, 0) is 4.79 Å². The van der Waals surface area contributed by atoms with Gasteiger partial charge in [-0.25, -0.2) is 0 Å². The van der Waals surface area contributed by atoms with Gasteiger partial charge in [-0.2, -0.15) is 0 Å². The summed E-state index contributed by atoms with van der Waals surface area (Å²) in [5.74, 6) is 2.26. The number of carbonyl (C=O) groups excluding carboxylic acids is 1. The third kappa shape index (κ3) is 3.03. The fourth-order valence-corrected chi connectivity index (χ4v) is 4.10. The molecule has 1 amide bonds. The number of ether oxygens (including phenoxy) is 1. The lowest BCUT2D eigenvalue weighted by Crippen LogP contribution is -2.50. The SMILES string of the molecule is Cc1cccc(OCC(=O)N2CCC3NNC(C4CC4)C3C2)c1C. The minimum Gasteiger partial charge on any atom is -0.483 e. The minimum absolute atomic E-state index is 0.107. The molecule has 1 aliphatic carbocycles. The molecule has 3 atom stereocenters. The van der Waals surface area contributed by atoms with E-state index in [1.54, 1.807) is 0 Å². The number of benzene rings is 1. The first-order valence-corrected chi connectivity index (χ1v) is 9.11. The number of amides is 1. The van der Waals surface area contributed by atoms with Gasteiger partial charge < -0.3 is 9.64 Å². The van der Waals surface area contributed by atoms with Crippen molar-refractivity contribution in [1.29, 1.82) is 0 Å². The molecule has 24 heavy (non-hydrogen) atoms. The monoisotopic (exact) mass is 329 g/mol. The summed E-state index contributed by atoms with van der Waals surface area (Å²) >= 11 is 0. The minimum atomic E-state index is 0.107. The van der Waals surface area contributed by atoms with Gasteiger partial charge in [-0.05, 0) is 56.2 Å². The normalized spacial score (nSPS) is 29.4. The molecule has 5 nitrogen and oxygen atoms in total. The maximum atomic E-state index is 12.6. The van der Waals surface area contributed by atoms with E-state index in [4.69, 9.17) is 4.74 Å². The summed E-state index contributed by atoms with van der Waals surface area (Å²) in [4.78, 5) is 14.6. The fourth-order valence-electron chi connectivity index (χ4n) is 4.10. The van der Waals surface area contributed by atoms with E-state index in [1.165, 1.54) is 18.4 Å². The van der Waals surface area contributed by atoms with Gasteiger partial charge in [0.05, 0.1) is 0 Å². The molecule has 3 fully saturated rings. The van der Waals surface area contributed by atoms with E-state index in [0.717, 1.165) is 36.7 Å². The van der Waals surface area contributed by atoms with Gasteiger partial charge in [-0.3, -0.25) is 15.6 Å². The van der Waals surface area contributed by atoms with Crippen LogP contribution in [0.2, 0.25) is 0 Å². The number of carbonyl (C=O) groups is 1. The molecule has 3 aliphatic rings. The van der Waals surface area contributed by atoms with Crippen molar-refractivity contribution in [2.75, 3.05) is 19.7 Å². The quantitative estimate of drug-likeness (QED) is 0.884. The van der Waals surface area contributed by atoms with E-state index >= 15 is 0 Å². The van der Waals surface area contributed by atoms with Crippen LogP contribution in [0, 0.1) is 25.7 Å². The molecular weight excluding hydrogens is 302 g/mol. The van der Waals surface area contributed by atoms with Crippen LogP contribution in [0.25, 0.3) is 0 Å². The van der Waals surface area contributed by atoms with Crippen molar-refractivity contribution >= 4 is 5.91 Å². The largest absolute Gasteiger partial charge is 0.483 e. The Labute approximate surface area is 143 Å². The first-order valence-electron chi connectivity index (χ1n) is 9.11. The highest BCUT2D eigenvalue weighted by Gasteiger charge is 2.46. The Bertz CT molecular complexity index is 629. The Morgan fingerprint density at radius 2 is 2.08 bits per heavy atom. The lowest BCUT2D eigenvalue weighted by Gasteiger charge is -2.36. The van der Waals surface area contributed by atoms with Gasteiger partial charge in [-0.15, -0.1) is 0 Å². The Morgan fingerprint density at radius 3 is 2.88 bits per heavy atom. The molecule has 0 bridgehead atoms. The van der Waals surface area contributed by atoms with E-state index < -0.39 is 0 Å². The third-order valence-corrected chi connectivity index (χ3v) is 5.94. The van der Waals surface area contributed by atoms with E-state index in [-0.39, 0.29) is 12.5 Å². The first kappa shape index (κ1) is 15.9. The number of likely N-dealkylation sites (tertiary alicyclic amines) is 1. The highest BCUT2D eigenvalue weighted by atomic mass is 16.5. The summed E-state index contributed by atoms with van der Waals surface area (Å²) in [7, 11) is 0. The third-order valence-electron chi connectivity index (χ3n) is 5.94. The summed E-state index contributed by atoms with van der Waals surface area (Å²) < 4.78 is 5.81. The predicted molar refractivity (Wildman–Crippen MR) is 92.7 cm³/mol. The zero-order valence-electron chi connectivity index (χ0n) is 14.5. The Morgan fingerprint density at radius 1 is 1.25 bits per heavy atom. The molecule has 1 aromatic rings. The molecule has 2 N–H and O–H groups in total. The van der Waals surface area contributed by atoms with Crippen molar-refractivity contribution in [2.45, 2.75) is 45.2 Å². The Kier molecular flexibility index (Phi) is 4.22. The Balaban J connectivity index is 1.35. The van der Waals surface area contributed by atoms with Crippen LogP contribution in [0.5, 0.6) is 5.75 Å². The van der Waals surface area contributed by atoms with Gasteiger partial charge in [0.1, 0.15) is 5.75 Å². The zero-order chi connectivity index (χ0) is 16.7. The number of hydrogen-bond acceptors (Lipinski definition) is 4. The number of nitrogens with zero attached hydrogens (tertiary/aromatic N) is 1. The number of nitrogens with one attached hydrogen (secondary N) is 2. The molecule has 1 aromatic carbocycles. The molecule has 3 unspecified atom stereocenters. The highest BCUT2D eigenvalue weighted by molar-refractivity contribution is 5.78. The highest BCUT2D eigenvalue weighted by Crippen LogP contribution is 2.40. The van der Waals surface area contributed by atoms with Crippen molar-refractivity contribution in [3.63, 3.8) is 0 Å². The van der Waals surface area contributed by atoms with E-state index in [1.807, 2.05) is 24.0 Å². The molecule has 1 saturated carbocycles. The van der Waals surface area contributed by atoms with E-state index in [2.05, 4.69) is 23.8 Å². The van der Waals surface area contributed by atoms with Crippen LogP contribution in [0.1, 0.15) is 30.4 Å². The summed E-state index contributed by atoms with van der Waals surface area (Å²) in [5.41, 5.74) is 9.22. The van der Waals surface area contributed by atoms with Gasteiger partial charge in [0.2, 0.25) is 0 Å². The number of rotatable bonds is 4. The average Bonchev–Trinajstić information content (AvgIpc) is 3.35. The molecule has 0 aromatic heterocycles. The molecule has 2 heterocycles. The molecule has 2 aliphatic heterocycles.